The lowest BCUT2D eigenvalue weighted by Gasteiger charge is -2.06. The summed E-state index contributed by atoms with van der Waals surface area (Å²) in [6, 6.07) is 11.9. The van der Waals surface area contributed by atoms with Gasteiger partial charge >= 0.3 is 0 Å². The standard InChI is InChI=1S/C14H13FN2OS/c1-18-10-3-2-4-11(8-10)19-13-6-5-9(14(16)17)7-12(13)15/h2-8H,1H3,(H3,16,17). The Balaban J connectivity index is 2.25. The molecule has 0 aliphatic rings. The van der Waals surface area contributed by atoms with Crippen LogP contribution in [-0.4, -0.2) is 12.9 Å². The van der Waals surface area contributed by atoms with Crippen molar-refractivity contribution in [1.82, 2.24) is 0 Å². The molecule has 0 saturated carbocycles. The smallest absolute Gasteiger partial charge is 0.137 e. The van der Waals surface area contributed by atoms with E-state index in [1.807, 2.05) is 24.3 Å². The number of hydrogen-bond donors (Lipinski definition) is 2. The molecule has 2 aromatic carbocycles. The molecule has 3 nitrogen and oxygen atoms in total. The zero-order valence-corrected chi connectivity index (χ0v) is 11.1. The number of ether oxygens (including phenoxy) is 1. The van der Waals surface area contributed by atoms with E-state index in [4.69, 9.17) is 15.9 Å². The van der Waals surface area contributed by atoms with E-state index in [-0.39, 0.29) is 11.7 Å². The summed E-state index contributed by atoms with van der Waals surface area (Å²) in [4.78, 5) is 1.37. The van der Waals surface area contributed by atoms with Crippen LogP contribution >= 0.6 is 11.8 Å². The van der Waals surface area contributed by atoms with E-state index in [1.165, 1.54) is 17.8 Å². The van der Waals surface area contributed by atoms with Gasteiger partial charge in [-0.1, -0.05) is 17.8 Å². The third-order valence-corrected chi connectivity index (χ3v) is 3.55. The quantitative estimate of drug-likeness (QED) is 0.665. The van der Waals surface area contributed by atoms with Gasteiger partial charge in [0.05, 0.1) is 7.11 Å². The lowest BCUT2D eigenvalue weighted by Crippen LogP contribution is -2.11. The highest BCUT2D eigenvalue weighted by Gasteiger charge is 2.07. The van der Waals surface area contributed by atoms with E-state index < -0.39 is 0 Å². The van der Waals surface area contributed by atoms with Crippen LogP contribution in [0.3, 0.4) is 0 Å². The number of amidine groups is 1. The zero-order valence-electron chi connectivity index (χ0n) is 10.3. The van der Waals surface area contributed by atoms with Gasteiger partial charge in [-0.3, -0.25) is 5.41 Å². The monoisotopic (exact) mass is 276 g/mol. The molecule has 0 amide bonds. The highest BCUT2D eigenvalue weighted by Crippen LogP contribution is 2.32. The molecule has 0 heterocycles. The van der Waals surface area contributed by atoms with E-state index in [1.54, 1.807) is 19.2 Å². The average Bonchev–Trinajstić information content (AvgIpc) is 2.41. The van der Waals surface area contributed by atoms with Gasteiger partial charge in [-0.05, 0) is 36.4 Å². The van der Waals surface area contributed by atoms with Gasteiger partial charge in [-0.2, -0.15) is 0 Å². The number of nitrogens with one attached hydrogen (secondary N) is 1. The Bertz CT molecular complexity index is 616. The predicted molar refractivity (Wildman–Crippen MR) is 74.5 cm³/mol. The van der Waals surface area contributed by atoms with Crippen molar-refractivity contribution in [3.63, 3.8) is 0 Å². The molecular weight excluding hydrogens is 263 g/mol. The zero-order chi connectivity index (χ0) is 13.8. The van der Waals surface area contributed by atoms with Gasteiger partial charge < -0.3 is 10.5 Å². The normalized spacial score (nSPS) is 10.2. The lowest BCUT2D eigenvalue weighted by molar-refractivity contribution is 0.413. The molecule has 98 valence electrons. The highest BCUT2D eigenvalue weighted by molar-refractivity contribution is 7.99. The first kappa shape index (κ1) is 13.4. The fourth-order valence-electron chi connectivity index (χ4n) is 1.54. The van der Waals surface area contributed by atoms with Gasteiger partial charge in [0, 0.05) is 15.4 Å². The van der Waals surface area contributed by atoms with Crippen LogP contribution in [0.15, 0.2) is 52.3 Å². The number of benzene rings is 2. The first-order chi connectivity index (χ1) is 9.10. The molecule has 0 bridgehead atoms. The van der Waals surface area contributed by atoms with Crippen LogP contribution < -0.4 is 10.5 Å². The Morgan fingerprint density at radius 2 is 2.05 bits per heavy atom. The molecule has 5 heteroatoms. The van der Waals surface area contributed by atoms with Gasteiger partial charge in [0.25, 0.3) is 0 Å². The Labute approximate surface area is 115 Å². The molecule has 0 aliphatic heterocycles. The van der Waals surface area contributed by atoms with Crippen LogP contribution in [0.1, 0.15) is 5.56 Å². The molecule has 0 radical (unpaired) electrons. The summed E-state index contributed by atoms with van der Waals surface area (Å²) in [5.41, 5.74) is 5.70. The molecule has 2 aromatic rings. The second kappa shape index (κ2) is 5.75. The topological polar surface area (TPSA) is 59.1 Å². The number of nitrogen functional groups attached to an aromatic ring is 1. The predicted octanol–water partition coefficient (Wildman–Crippen LogP) is 3.27. The first-order valence-corrected chi connectivity index (χ1v) is 6.37. The molecule has 0 spiro atoms. The summed E-state index contributed by atoms with van der Waals surface area (Å²) in [5.74, 6) is 0.197. The lowest BCUT2D eigenvalue weighted by atomic mass is 10.2. The second-order valence-corrected chi connectivity index (χ2v) is 4.96. The molecular formula is C14H13FN2OS. The van der Waals surface area contributed by atoms with Gasteiger partial charge in [0.1, 0.15) is 17.4 Å². The first-order valence-electron chi connectivity index (χ1n) is 5.56. The molecule has 0 unspecified atom stereocenters. The van der Waals surface area contributed by atoms with Crippen molar-refractivity contribution in [3.05, 3.63) is 53.8 Å². The fraction of sp³-hybridized carbons (Fsp3) is 0.0714. The van der Waals surface area contributed by atoms with E-state index in [0.29, 0.717) is 10.5 Å². The van der Waals surface area contributed by atoms with Gasteiger partial charge in [-0.25, -0.2) is 4.39 Å². The van der Waals surface area contributed by atoms with E-state index >= 15 is 0 Å². The minimum Gasteiger partial charge on any atom is -0.497 e. The number of hydrogen-bond acceptors (Lipinski definition) is 3. The van der Waals surface area contributed by atoms with Crippen LogP contribution in [0.2, 0.25) is 0 Å². The minimum absolute atomic E-state index is 0.142. The highest BCUT2D eigenvalue weighted by atomic mass is 32.2. The Hall–Kier alpha value is -2.01. The third-order valence-electron chi connectivity index (χ3n) is 2.51. The van der Waals surface area contributed by atoms with Crippen molar-refractivity contribution >= 4 is 17.6 Å². The minimum atomic E-state index is -0.388. The number of nitrogens with two attached hydrogens (primary N) is 1. The SMILES string of the molecule is COc1cccc(Sc2ccc(C(=N)N)cc2F)c1. The van der Waals surface area contributed by atoms with Crippen molar-refractivity contribution < 1.29 is 9.13 Å². The molecule has 2 rings (SSSR count). The van der Waals surface area contributed by atoms with E-state index in [0.717, 1.165) is 10.6 Å². The number of rotatable bonds is 4. The van der Waals surface area contributed by atoms with Crippen molar-refractivity contribution in [2.45, 2.75) is 9.79 Å². The van der Waals surface area contributed by atoms with Crippen LogP contribution in [0.25, 0.3) is 0 Å². The number of halogens is 1. The van der Waals surface area contributed by atoms with Crippen LogP contribution in [0, 0.1) is 11.2 Å². The maximum atomic E-state index is 13.9. The fourth-order valence-corrected chi connectivity index (χ4v) is 2.41. The van der Waals surface area contributed by atoms with Gasteiger partial charge in [-0.15, -0.1) is 0 Å². The molecule has 3 N–H and O–H groups in total. The Kier molecular flexibility index (Phi) is 4.06. The summed E-state index contributed by atoms with van der Waals surface area (Å²) in [5, 5.41) is 7.26. The molecule has 19 heavy (non-hydrogen) atoms. The summed E-state index contributed by atoms with van der Waals surface area (Å²) < 4.78 is 19.0. The van der Waals surface area contributed by atoms with Crippen LogP contribution in [0.4, 0.5) is 4.39 Å². The van der Waals surface area contributed by atoms with Gasteiger partial charge in [0.15, 0.2) is 0 Å². The van der Waals surface area contributed by atoms with Crippen LogP contribution in [0.5, 0.6) is 5.75 Å². The van der Waals surface area contributed by atoms with Crippen molar-refractivity contribution in [1.29, 1.82) is 5.41 Å². The molecule has 0 atom stereocenters. The van der Waals surface area contributed by atoms with E-state index in [2.05, 4.69) is 0 Å². The van der Waals surface area contributed by atoms with Gasteiger partial charge in [0.2, 0.25) is 0 Å². The second-order valence-electron chi connectivity index (χ2n) is 3.84. The number of methoxy groups -OCH3 is 1. The third kappa shape index (κ3) is 3.26. The Morgan fingerprint density at radius 1 is 1.26 bits per heavy atom. The maximum absolute atomic E-state index is 13.9. The summed E-state index contributed by atoms with van der Waals surface area (Å²) >= 11 is 1.30. The van der Waals surface area contributed by atoms with Crippen molar-refractivity contribution in [3.8, 4) is 5.75 Å². The van der Waals surface area contributed by atoms with Crippen molar-refractivity contribution in [2.75, 3.05) is 7.11 Å². The molecule has 0 saturated heterocycles. The summed E-state index contributed by atoms with van der Waals surface area (Å²) in [7, 11) is 1.59. The van der Waals surface area contributed by atoms with E-state index in [9.17, 15) is 4.39 Å². The average molecular weight is 276 g/mol. The van der Waals surface area contributed by atoms with Crippen LogP contribution in [-0.2, 0) is 0 Å². The largest absolute Gasteiger partial charge is 0.497 e. The molecule has 0 aromatic heterocycles. The molecule has 0 aliphatic carbocycles. The van der Waals surface area contributed by atoms with Crippen molar-refractivity contribution in [2.24, 2.45) is 5.73 Å². The molecule has 0 fully saturated rings. The summed E-state index contributed by atoms with van der Waals surface area (Å²) in [6.07, 6.45) is 0. The summed E-state index contributed by atoms with van der Waals surface area (Å²) in [6.45, 7) is 0. The Morgan fingerprint density at radius 3 is 2.68 bits per heavy atom. The maximum Gasteiger partial charge on any atom is 0.137 e.